The molecule has 0 amide bonds. The molecule has 5 heteroatoms. The molecule has 0 aliphatic carbocycles. The smallest absolute Gasteiger partial charge is 0.339 e. The van der Waals surface area contributed by atoms with Crippen LogP contribution in [0.3, 0.4) is 0 Å². The van der Waals surface area contributed by atoms with Gasteiger partial charge in [-0.3, -0.25) is 0 Å². The van der Waals surface area contributed by atoms with Gasteiger partial charge >= 0.3 is 5.97 Å². The predicted octanol–water partition coefficient (Wildman–Crippen LogP) is 4.29. The number of unbranched alkanes of at least 4 members (excludes halogenated alkanes) is 1. The second-order valence-electron chi connectivity index (χ2n) is 4.61. The minimum absolute atomic E-state index is 0.00932. The molecule has 0 heterocycles. The first kappa shape index (κ1) is 15.9. The van der Waals surface area contributed by atoms with E-state index in [0.717, 1.165) is 12.8 Å². The zero-order valence-corrected chi connectivity index (χ0v) is 12.3. The molecule has 2 aromatic rings. The summed E-state index contributed by atoms with van der Waals surface area (Å²) in [5, 5.41) is 9.27. The maximum atomic E-state index is 11.3. The maximum absolute atomic E-state index is 11.3. The maximum Gasteiger partial charge on any atom is 0.339 e. The SMILES string of the molecule is CCCCOOc1c(Oc2ccccc2)cccc1C(=O)O. The molecule has 0 aliphatic rings. The Kier molecular flexibility index (Phi) is 5.80. The van der Waals surface area contributed by atoms with E-state index in [1.165, 1.54) is 6.07 Å². The average Bonchev–Trinajstić information content (AvgIpc) is 2.53. The fraction of sp³-hybridized carbons (Fsp3) is 0.235. The van der Waals surface area contributed by atoms with Crippen molar-refractivity contribution in [2.24, 2.45) is 0 Å². The Hall–Kier alpha value is -2.53. The molecule has 22 heavy (non-hydrogen) atoms. The van der Waals surface area contributed by atoms with Gasteiger partial charge in [0.25, 0.3) is 0 Å². The van der Waals surface area contributed by atoms with E-state index < -0.39 is 5.97 Å². The highest BCUT2D eigenvalue weighted by molar-refractivity contribution is 5.92. The minimum Gasteiger partial charge on any atom is -0.478 e. The average molecular weight is 302 g/mol. The van der Waals surface area contributed by atoms with Crippen molar-refractivity contribution in [3.05, 3.63) is 54.1 Å². The summed E-state index contributed by atoms with van der Waals surface area (Å²) in [5.41, 5.74) is -0.00932. The second kappa shape index (κ2) is 8.05. The molecule has 1 N–H and O–H groups in total. The second-order valence-corrected chi connectivity index (χ2v) is 4.61. The van der Waals surface area contributed by atoms with Gasteiger partial charge < -0.3 is 14.7 Å². The van der Waals surface area contributed by atoms with Gasteiger partial charge in [-0.05, 0) is 30.7 Å². The number of carboxylic acids is 1. The third-order valence-corrected chi connectivity index (χ3v) is 2.90. The first-order valence-corrected chi connectivity index (χ1v) is 7.11. The first-order valence-electron chi connectivity index (χ1n) is 7.11. The molecule has 0 spiro atoms. The van der Waals surface area contributed by atoms with E-state index >= 15 is 0 Å². The largest absolute Gasteiger partial charge is 0.478 e. The van der Waals surface area contributed by atoms with Gasteiger partial charge in [-0.15, -0.1) is 0 Å². The Morgan fingerprint density at radius 1 is 1.09 bits per heavy atom. The van der Waals surface area contributed by atoms with E-state index in [1.807, 2.05) is 25.1 Å². The number of carboxylic acid groups (broad SMARTS) is 1. The number of hydrogen-bond donors (Lipinski definition) is 1. The van der Waals surface area contributed by atoms with Crippen LogP contribution in [-0.2, 0) is 4.89 Å². The van der Waals surface area contributed by atoms with Crippen LogP contribution < -0.4 is 9.62 Å². The molecule has 116 valence electrons. The number of rotatable bonds is 8. The summed E-state index contributed by atoms with van der Waals surface area (Å²) < 4.78 is 5.69. The van der Waals surface area contributed by atoms with Crippen LogP contribution in [0.1, 0.15) is 30.1 Å². The fourth-order valence-corrected chi connectivity index (χ4v) is 1.77. The van der Waals surface area contributed by atoms with Gasteiger partial charge in [0, 0.05) is 0 Å². The number of carbonyl (C=O) groups is 1. The molecule has 5 nitrogen and oxygen atoms in total. The Labute approximate surface area is 129 Å². The van der Waals surface area contributed by atoms with E-state index in [9.17, 15) is 9.90 Å². The van der Waals surface area contributed by atoms with Crippen molar-refractivity contribution in [3.8, 4) is 17.2 Å². The molecule has 0 unspecified atom stereocenters. The summed E-state index contributed by atoms with van der Waals surface area (Å²) >= 11 is 0. The lowest BCUT2D eigenvalue weighted by Crippen LogP contribution is -2.06. The van der Waals surface area contributed by atoms with Crippen molar-refractivity contribution in [1.29, 1.82) is 0 Å². The number of hydrogen-bond acceptors (Lipinski definition) is 4. The summed E-state index contributed by atoms with van der Waals surface area (Å²) in [6.45, 7) is 2.41. The van der Waals surface area contributed by atoms with Crippen molar-refractivity contribution < 1.29 is 24.4 Å². The molecule has 0 fully saturated rings. The molecule has 0 aromatic heterocycles. The Morgan fingerprint density at radius 2 is 1.86 bits per heavy atom. The summed E-state index contributed by atoms with van der Waals surface area (Å²) in [6.07, 6.45) is 1.78. The zero-order chi connectivity index (χ0) is 15.8. The number of para-hydroxylation sites is 2. The lowest BCUT2D eigenvalue weighted by atomic mass is 10.2. The molecule has 2 aromatic carbocycles. The van der Waals surface area contributed by atoms with Gasteiger partial charge in [0.15, 0.2) is 5.75 Å². The van der Waals surface area contributed by atoms with E-state index in [-0.39, 0.29) is 11.3 Å². The summed E-state index contributed by atoms with van der Waals surface area (Å²) in [7, 11) is 0. The number of aromatic carboxylic acids is 1. The molecular weight excluding hydrogens is 284 g/mol. The lowest BCUT2D eigenvalue weighted by molar-refractivity contribution is -0.208. The van der Waals surface area contributed by atoms with Crippen LogP contribution in [0.15, 0.2) is 48.5 Å². The Bertz CT molecular complexity index is 610. The monoisotopic (exact) mass is 302 g/mol. The van der Waals surface area contributed by atoms with Gasteiger partial charge in [-0.2, -0.15) is 4.89 Å². The number of benzene rings is 2. The predicted molar refractivity (Wildman–Crippen MR) is 81.4 cm³/mol. The van der Waals surface area contributed by atoms with Crippen LogP contribution >= 0.6 is 0 Å². The van der Waals surface area contributed by atoms with Gasteiger partial charge in [0.05, 0.1) is 6.61 Å². The number of ether oxygens (including phenoxy) is 1. The lowest BCUT2D eigenvalue weighted by Gasteiger charge is -2.13. The van der Waals surface area contributed by atoms with E-state index in [2.05, 4.69) is 0 Å². The molecule has 0 bridgehead atoms. The minimum atomic E-state index is -1.10. The molecule has 0 saturated heterocycles. The van der Waals surface area contributed by atoms with Crippen LogP contribution in [0, 0.1) is 0 Å². The standard InChI is InChI=1S/C17H18O5/c1-2-3-12-20-22-16-14(17(18)19)10-7-11-15(16)21-13-8-5-4-6-9-13/h4-11H,2-3,12H2,1H3,(H,18,19). The molecule has 0 aliphatic heterocycles. The van der Waals surface area contributed by atoms with Crippen molar-refractivity contribution in [2.45, 2.75) is 19.8 Å². The van der Waals surface area contributed by atoms with Crippen LogP contribution in [0.5, 0.6) is 17.2 Å². The third-order valence-electron chi connectivity index (χ3n) is 2.90. The molecule has 0 atom stereocenters. The molecule has 0 saturated carbocycles. The van der Waals surface area contributed by atoms with E-state index in [0.29, 0.717) is 18.1 Å². The molecule has 0 radical (unpaired) electrons. The van der Waals surface area contributed by atoms with Gasteiger partial charge in [-0.25, -0.2) is 4.79 Å². The van der Waals surface area contributed by atoms with Crippen molar-refractivity contribution in [1.82, 2.24) is 0 Å². The van der Waals surface area contributed by atoms with Crippen LogP contribution in [-0.4, -0.2) is 17.7 Å². The first-order chi connectivity index (χ1) is 10.7. The highest BCUT2D eigenvalue weighted by Gasteiger charge is 2.18. The van der Waals surface area contributed by atoms with Crippen molar-refractivity contribution in [2.75, 3.05) is 6.61 Å². The summed E-state index contributed by atoms with van der Waals surface area (Å²) in [5.74, 6) is -0.159. The Balaban J connectivity index is 2.23. The van der Waals surface area contributed by atoms with Crippen LogP contribution in [0.25, 0.3) is 0 Å². The summed E-state index contributed by atoms with van der Waals surface area (Å²) in [6, 6.07) is 13.7. The highest BCUT2D eigenvalue weighted by Crippen LogP contribution is 2.35. The quantitative estimate of drug-likeness (QED) is 0.448. The molecule has 2 rings (SSSR count). The van der Waals surface area contributed by atoms with Crippen LogP contribution in [0.4, 0.5) is 0 Å². The van der Waals surface area contributed by atoms with Gasteiger partial charge in [0.1, 0.15) is 11.3 Å². The molecular formula is C17H18O5. The van der Waals surface area contributed by atoms with Crippen molar-refractivity contribution >= 4 is 5.97 Å². The Morgan fingerprint density at radius 3 is 2.55 bits per heavy atom. The topological polar surface area (TPSA) is 65.0 Å². The fourth-order valence-electron chi connectivity index (χ4n) is 1.77. The third kappa shape index (κ3) is 4.23. The van der Waals surface area contributed by atoms with Crippen LogP contribution in [0.2, 0.25) is 0 Å². The normalized spacial score (nSPS) is 10.2. The van der Waals surface area contributed by atoms with E-state index in [1.54, 1.807) is 24.3 Å². The van der Waals surface area contributed by atoms with Gasteiger partial charge in [0.2, 0.25) is 5.75 Å². The van der Waals surface area contributed by atoms with E-state index in [4.69, 9.17) is 14.5 Å². The van der Waals surface area contributed by atoms with Crippen molar-refractivity contribution in [3.63, 3.8) is 0 Å². The van der Waals surface area contributed by atoms with Gasteiger partial charge in [-0.1, -0.05) is 37.6 Å². The zero-order valence-electron chi connectivity index (χ0n) is 12.3. The summed E-state index contributed by atoms with van der Waals surface area (Å²) in [4.78, 5) is 21.6. The highest BCUT2D eigenvalue weighted by atomic mass is 17.2.